The summed E-state index contributed by atoms with van der Waals surface area (Å²) in [5, 5.41) is 13.5. The Labute approximate surface area is 204 Å². The smallest absolute Gasteiger partial charge is 0.543 e. The van der Waals surface area contributed by atoms with Crippen molar-refractivity contribution >= 4 is 35.5 Å². The van der Waals surface area contributed by atoms with Crippen molar-refractivity contribution in [3.8, 4) is 11.5 Å². The van der Waals surface area contributed by atoms with Crippen LogP contribution in [0.2, 0.25) is 0 Å². The fourth-order valence-electron chi connectivity index (χ4n) is 3.01. The summed E-state index contributed by atoms with van der Waals surface area (Å²) in [6, 6.07) is 5.76. The Bertz CT molecular complexity index is 905. The Morgan fingerprint density at radius 1 is 1.23 bits per heavy atom. The molecule has 1 aromatic rings. The number of ether oxygens (including phenoxy) is 3. The average molecular weight is 458 g/mol. The summed E-state index contributed by atoms with van der Waals surface area (Å²) >= 11 is 1.26. The van der Waals surface area contributed by atoms with E-state index < -0.39 is 35.2 Å². The van der Waals surface area contributed by atoms with Gasteiger partial charge in [0.2, 0.25) is 0 Å². The monoisotopic (exact) mass is 458 g/mol. The van der Waals surface area contributed by atoms with Gasteiger partial charge in [-0.1, -0.05) is 0 Å². The summed E-state index contributed by atoms with van der Waals surface area (Å²) in [4.78, 5) is 48.3. The molecule has 2 aliphatic rings. The molecule has 0 spiro atoms. The fourth-order valence-corrected chi connectivity index (χ4v) is 4.33. The van der Waals surface area contributed by atoms with Crippen molar-refractivity contribution in [2.45, 2.75) is 18.3 Å². The molecular weight excluding hydrogens is 439 g/mol. The van der Waals surface area contributed by atoms with Gasteiger partial charge in [-0.05, 0) is 24.3 Å². The summed E-state index contributed by atoms with van der Waals surface area (Å²) < 4.78 is 15.3. The molecule has 1 aromatic carbocycles. The van der Waals surface area contributed by atoms with Gasteiger partial charge in [0, 0.05) is 18.2 Å². The molecule has 2 amide bonds. The summed E-state index contributed by atoms with van der Waals surface area (Å²) in [6.07, 6.45) is 0. The maximum atomic E-state index is 12.5. The third-order valence-electron chi connectivity index (χ3n) is 4.44. The molecule has 1 N–H and O–H groups in total. The van der Waals surface area contributed by atoms with Crippen LogP contribution in [0.1, 0.15) is 6.92 Å². The first-order valence-electron chi connectivity index (χ1n) is 8.89. The third-order valence-corrected chi connectivity index (χ3v) is 5.78. The van der Waals surface area contributed by atoms with Crippen LogP contribution < -0.4 is 49.5 Å². The van der Waals surface area contributed by atoms with Gasteiger partial charge >= 0.3 is 35.5 Å². The summed E-state index contributed by atoms with van der Waals surface area (Å²) in [5.74, 6) is -1.88. The van der Waals surface area contributed by atoms with Crippen LogP contribution in [0.3, 0.4) is 0 Å². The molecule has 0 radical (unpaired) electrons. The number of carboxylic acids is 1. The first kappa shape index (κ1) is 25.1. The van der Waals surface area contributed by atoms with Crippen molar-refractivity contribution in [3.63, 3.8) is 0 Å². The zero-order chi connectivity index (χ0) is 21.8. The van der Waals surface area contributed by atoms with E-state index in [1.807, 2.05) is 0 Å². The molecule has 0 bridgehead atoms. The second-order valence-electron chi connectivity index (χ2n) is 6.44. The molecule has 1 unspecified atom stereocenters. The zero-order valence-corrected chi connectivity index (χ0v) is 20.0. The number of methoxy groups -OCH3 is 1. The quantitative estimate of drug-likeness (QED) is 0.235. The van der Waals surface area contributed by atoms with Crippen LogP contribution >= 0.6 is 11.8 Å². The van der Waals surface area contributed by atoms with Crippen LogP contribution in [-0.4, -0.2) is 66.1 Å². The summed E-state index contributed by atoms with van der Waals surface area (Å²) in [6.45, 7) is 0.648. The van der Waals surface area contributed by atoms with Crippen LogP contribution in [0, 0.1) is 0 Å². The minimum Gasteiger partial charge on any atom is -0.543 e. The molecule has 160 valence electrons. The number of fused-ring (bicyclic) bond motifs is 1. The maximum Gasteiger partial charge on any atom is 1.00 e. The van der Waals surface area contributed by atoms with Gasteiger partial charge in [-0.15, -0.1) is 11.8 Å². The number of thioether (sulfide) groups is 1. The second kappa shape index (κ2) is 10.9. The number of benzene rings is 1. The summed E-state index contributed by atoms with van der Waals surface area (Å²) in [5.41, 5.74) is -0.0441. The Hall–Kier alpha value is -2.21. The number of nitrogens with zero attached hydrogens (tertiary/aromatic N) is 1. The molecule has 2 atom stereocenters. The number of carboxylic acid groups (broad SMARTS) is 1. The molecule has 1 saturated heterocycles. The third kappa shape index (κ3) is 5.73. The van der Waals surface area contributed by atoms with Crippen molar-refractivity contribution in [1.29, 1.82) is 0 Å². The fraction of sp³-hybridized carbons (Fsp3) is 0.368. The number of carbonyl (C=O) groups excluding carboxylic acids is 4. The molecule has 0 aliphatic carbocycles. The van der Waals surface area contributed by atoms with Gasteiger partial charge < -0.3 is 29.4 Å². The first-order valence-corrected chi connectivity index (χ1v) is 9.94. The van der Waals surface area contributed by atoms with Crippen molar-refractivity contribution in [2.24, 2.45) is 0 Å². The largest absolute Gasteiger partial charge is 1.00 e. The Kier molecular flexibility index (Phi) is 8.80. The molecule has 2 aliphatic heterocycles. The molecule has 31 heavy (non-hydrogen) atoms. The molecule has 12 heteroatoms. The van der Waals surface area contributed by atoms with Gasteiger partial charge in [0.1, 0.15) is 29.5 Å². The molecule has 2 heterocycles. The zero-order valence-electron chi connectivity index (χ0n) is 17.2. The summed E-state index contributed by atoms with van der Waals surface area (Å²) in [7, 11) is 1.53. The van der Waals surface area contributed by atoms with Gasteiger partial charge in [-0.25, -0.2) is 0 Å². The first-order chi connectivity index (χ1) is 14.3. The van der Waals surface area contributed by atoms with Crippen LogP contribution in [0.15, 0.2) is 35.5 Å². The minimum absolute atomic E-state index is 0. The van der Waals surface area contributed by atoms with Gasteiger partial charge in [-0.3, -0.25) is 19.3 Å². The predicted octanol–water partition coefficient (Wildman–Crippen LogP) is -3.95. The number of esters is 1. The van der Waals surface area contributed by atoms with E-state index in [0.717, 1.165) is 4.90 Å². The van der Waals surface area contributed by atoms with Crippen LogP contribution in [0.5, 0.6) is 11.5 Å². The Morgan fingerprint density at radius 3 is 2.45 bits per heavy atom. The number of rotatable bonds is 8. The van der Waals surface area contributed by atoms with E-state index in [1.165, 1.54) is 25.8 Å². The van der Waals surface area contributed by atoms with Crippen LogP contribution in [0.4, 0.5) is 0 Å². The van der Waals surface area contributed by atoms with E-state index in [9.17, 15) is 24.3 Å². The predicted molar refractivity (Wildman–Crippen MR) is 102 cm³/mol. The van der Waals surface area contributed by atoms with E-state index in [4.69, 9.17) is 14.2 Å². The van der Waals surface area contributed by atoms with E-state index >= 15 is 0 Å². The van der Waals surface area contributed by atoms with Gasteiger partial charge in [0.05, 0.1) is 18.8 Å². The SMILES string of the molecule is COc1ccc(OCC(=O)NC2C(=O)N3C(C(=O)[O-])=C(COC(C)=O)CS[C@H]23)cc1.[Na+]. The van der Waals surface area contributed by atoms with E-state index in [1.54, 1.807) is 24.3 Å². The number of carbonyl (C=O) groups is 4. The van der Waals surface area contributed by atoms with E-state index in [2.05, 4.69) is 5.32 Å². The number of amides is 2. The molecule has 10 nitrogen and oxygen atoms in total. The number of hydrogen-bond acceptors (Lipinski definition) is 9. The van der Waals surface area contributed by atoms with Gasteiger partial charge in [-0.2, -0.15) is 0 Å². The number of β-lactam (4-membered cyclic amide) rings is 1. The Balaban J connectivity index is 0.00000341. The molecule has 0 aromatic heterocycles. The van der Waals surface area contributed by atoms with Crippen molar-refractivity contribution in [3.05, 3.63) is 35.5 Å². The topological polar surface area (TPSA) is 134 Å². The minimum atomic E-state index is -1.54. The van der Waals surface area contributed by atoms with Crippen molar-refractivity contribution < 1.29 is 68.1 Å². The normalized spacial score (nSPS) is 19.4. The molecule has 1 fully saturated rings. The number of hydrogen-bond donors (Lipinski definition) is 1. The number of nitrogens with one attached hydrogen (secondary N) is 1. The number of aliphatic carboxylic acids is 1. The molecule has 3 rings (SSSR count). The molecular formula is C19H19N2NaO8S. The maximum absolute atomic E-state index is 12.5. The second-order valence-corrected chi connectivity index (χ2v) is 7.54. The molecule has 0 saturated carbocycles. The standard InChI is InChI=1S/C19H20N2O8S.Na/c1-10(22)28-7-11-9-30-18-15(17(24)21(18)16(11)19(25)26)20-14(23)8-29-13-5-3-12(27-2)4-6-13;/h3-6,15,18H,7-9H2,1-2H3,(H,20,23)(H,25,26);/q;+1/p-1/t15?,18-;/m1./s1. The van der Waals surface area contributed by atoms with E-state index in [0.29, 0.717) is 11.5 Å². The average Bonchev–Trinajstić information content (AvgIpc) is 2.73. The van der Waals surface area contributed by atoms with Crippen LogP contribution in [0.25, 0.3) is 0 Å². The van der Waals surface area contributed by atoms with Gasteiger partial charge in [0.15, 0.2) is 6.61 Å². The van der Waals surface area contributed by atoms with E-state index in [-0.39, 0.29) is 59.8 Å². The van der Waals surface area contributed by atoms with Crippen LogP contribution in [-0.2, 0) is 23.9 Å². The van der Waals surface area contributed by atoms with Crippen molar-refractivity contribution in [1.82, 2.24) is 10.2 Å². The van der Waals surface area contributed by atoms with Crippen molar-refractivity contribution in [2.75, 3.05) is 26.1 Å². The Morgan fingerprint density at radius 2 is 1.87 bits per heavy atom. The van der Waals surface area contributed by atoms with Gasteiger partial charge in [0.25, 0.3) is 11.8 Å².